The molecular weight excluding hydrogens is 361 g/mol. The maximum Gasteiger partial charge on any atom is 0.196 e. The van der Waals surface area contributed by atoms with E-state index in [1.165, 1.54) is 4.91 Å². The predicted octanol–water partition coefficient (Wildman–Crippen LogP) is 5.60. The van der Waals surface area contributed by atoms with Gasteiger partial charge in [-0.2, -0.15) is 0 Å². The van der Waals surface area contributed by atoms with E-state index < -0.39 is 0 Å². The van der Waals surface area contributed by atoms with E-state index in [2.05, 4.69) is 28.6 Å². The van der Waals surface area contributed by atoms with E-state index in [1.807, 2.05) is 48.5 Å². The van der Waals surface area contributed by atoms with Crippen LogP contribution in [0.25, 0.3) is 11.4 Å². The molecule has 1 N–H and O–H groups in total. The standard InChI is InChI=1S/C18H13Cl2N3S/c1-11-17(13-4-8-15(20)9-5-13)23-10-16(21-22-18(23)24-11)12-2-6-14(19)7-3-12/h2-10,21H,1H3. The van der Waals surface area contributed by atoms with Crippen molar-refractivity contribution < 1.29 is 0 Å². The quantitative estimate of drug-likeness (QED) is 0.741. The molecule has 0 radical (unpaired) electrons. The molecule has 4 rings (SSSR count). The van der Waals surface area contributed by atoms with E-state index in [1.54, 1.807) is 11.8 Å². The smallest absolute Gasteiger partial charge is 0.196 e. The third-order valence-corrected chi connectivity index (χ3v) is 5.30. The molecule has 2 aliphatic rings. The second-order valence-electron chi connectivity index (χ2n) is 5.44. The van der Waals surface area contributed by atoms with Crippen molar-refractivity contribution >= 4 is 51.5 Å². The molecule has 2 aromatic carbocycles. The number of hydrogen-bond acceptors (Lipinski definition) is 4. The molecule has 120 valence electrons. The fourth-order valence-corrected chi connectivity index (χ4v) is 3.85. The number of nitrogens with one attached hydrogen (secondary N) is 1. The summed E-state index contributed by atoms with van der Waals surface area (Å²) < 4.78 is 0. The molecule has 0 fully saturated rings. The monoisotopic (exact) mass is 373 g/mol. The summed E-state index contributed by atoms with van der Waals surface area (Å²) in [6.45, 7) is 2.10. The summed E-state index contributed by atoms with van der Waals surface area (Å²) in [5.41, 5.74) is 7.33. The van der Waals surface area contributed by atoms with Gasteiger partial charge in [-0.05, 0) is 36.8 Å². The Balaban J connectivity index is 1.73. The van der Waals surface area contributed by atoms with Crippen LogP contribution in [-0.4, -0.2) is 10.1 Å². The maximum atomic E-state index is 6.02. The molecule has 0 bridgehead atoms. The van der Waals surface area contributed by atoms with E-state index in [0.717, 1.165) is 32.7 Å². The van der Waals surface area contributed by atoms with Crippen molar-refractivity contribution in [2.45, 2.75) is 6.92 Å². The van der Waals surface area contributed by atoms with Crippen LogP contribution in [0.4, 0.5) is 0 Å². The van der Waals surface area contributed by atoms with Gasteiger partial charge in [-0.15, -0.1) is 5.10 Å². The lowest BCUT2D eigenvalue weighted by Crippen LogP contribution is -2.26. The van der Waals surface area contributed by atoms with Gasteiger partial charge in [0, 0.05) is 26.7 Å². The van der Waals surface area contributed by atoms with E-state index in [0.29, 0.717) is 5.02 Å². The van der Waals surface area contributed by atoms with Crippen molar-refractivity contribution in [2.24, 2.45) is 5.10 Å². The van der Waals surface area contributed by atoms with E-state index in [-0.39, 0.29) is 0 Å². The predicted molar refractivity (Wildman–Crippen MR) is 103 cm³/mol. The van der Waals surface area contributed by atoms with Gasteiger partial charge in [-0.1, -0.05) is 59.2 Å². The van der Waals surface area contributed by atoms with Crippen molar-refractivity contribution in [2.75, 3.05) is 0 Å². The molecule has 2 aliphatic heterocycles. The van der Waals surface area contributed by atoms with Crippen molar-refractivity contribution in [3.8, 4) is 0 Å². The highest BCUT2D eigenvalue weighted by Crippen LogP contribution is 2.41. The third kappa shape index (κ3) is 2.81. The van der Waals surface area contributed by atoms with Crippen LogP contribution in [0, 0.1) is 0 Å². The Morgan fingerprint density at radius 1 is 0.917 bits per heavy atom. The highest BCUT2D eigenvalue weighted by atomic mass is 35.5. The number of thioether (sulfide) groups is 1. The zero-order valence-electron chi connectivity index (χ0n) is 12.8. The molecule has 2 aromatic rings. The summed E-state index contributed by atoms with van der Waals surface area (Å²) in [4.78, 5) is 3.32. The fourth-order valence-electron chi connectivity index (χ4n) is 2.68. The lowest BCUT2D eigenvalue weighted by atomic mass is 10.1. The molecule has 0 atom stereocenters. The van der Waals surface area contributed by atoms with Gasteiger partial charge in [0.15, 0.2) is 5.17 Å². The van der Waals surface area contributed by atoms with Gasteiger partial charge < -0.3 is 0 Å². The third-order valence-electron chi connectivity index (χ3n) is 3.83. The first-order chi connectivity index (χ1) is 11.6. The molecule has 0 aliphatic carbocycles. The molecule has 3 nitrogen and oxygen atoms in total. The molecule has 0 spiro atoms. The highest BCUT2D eigenvalue weighted by Gasteiger charge is 2.30. The Morgan fingerprint density at radius 3 is 2.12 bits per heavy atom. The first-order valence-corrected chi connectivity index (χ1v) is 8.94. The van der Waals surface area contributed by atoms with Crippen LogP contribution in [0.1, 0.15) is 18.1 Å². The van der Waals surface area contributed by atoms with Gasteiger partial charge in [-0.25, -0.2) is 0 Å². The number of fused-ring (bicyclic) bond motifs is 1. The summed E-state index contributed by atoms with van der Waals surface area (Å²) in [6.07, 6.45) is 2.07. The number of halogens is 2. The normalized spacial score (nSPS) is 16.5. The Bertz CT molecular complexity index is 883. The first-order valence-electron chi connectivity index (χ1n) is 7.37. The Morgan fingerprint density at radius 2 is 1.50 bits per heavy atom. The average molecular weight is 374 g/mol. The number of rotatable bonds is 2. The van der Waals surface area contributed by atoms with Crippen LogP contribution in [0.5, 0.6) is 0 Å². The fraction of sp³-hybridized carbons (Fsp3) is 0.0556. The lowest BCUT2D eigenvalue weighted by molar-refractivity contribution is 0.757. The number of nitrogens with zero attached hydrogens (tertiary/aromatic N) is 2. The molecule has 0 unspecified atom stereocenters. The van der Waals surface area contributed by atoms with Crippen molar-refractivity contribution in [3.63, 3.8) is 0 Å². The summed E-state index contributed by atoms with van der Waals surface area (Å²) in [5, 5.41) is 6.86. The van der Waals surface area contributed by atoms with Gasteiger partial charge in [0.25, 0.3) is 0 Å². The van der Waals surface area contributed by atoms with Crippen LogP contribution in [0.3, 0.4) is 0 Å². The van der Waals surface area contributed by atoms with Crippen LogP contribution in [0.15, 0.2) is 64.7 Å². The molecule has 2 heterocycles. The molecule has 0 saturated heterocycles. The molecule has 0 saturated carbocycles. The largest absolute Gasteiger partial charge is 0.291 e. The summed E-state index contributed by atoms with van der Waals surface area (Å²) in [6, 6.07) is 15.6. The maximum absolute atomic E-state index is 6.02. The Hall–Kier alpha value is -1.88. The Kier molecular flexibility index (Phi) is 4.04. The summed E-state index contributed by atoms with van der Waals surface area (Å²) in [7, 11) is 0. The van der Waals surface area contributed by atoms with Crippen LogP contribution in [-0.2, 0) is 0 Å². The minimum absolute atomic E-state index is 0.716. The van der Waals surface area contributed by atoms with Gasteiger partial charge in [-0.3, -0.25) is 10.3 Å². The zero-order valence-corrected chi connectivity index (χ0v) is 15.1. The van der Waals surface area contributed by atoms with Gasteiger partial charge in [0.05, 0.1) is 11.4 Å². The topological polar surface area (TPSA) is 27.6 Å². The minimum atomic E-state index is 0.716. The number of allylic oxidation sites excluding steroid dienone is 1. The summed E-state index contributed by atoms with van der Waals surface area (Å²) in [5.74, 6) is 0. The zero-order chi connectivity index (χ0) is 16.7. The highest BCUT2D eigenvalue weighted by molar-refractivity contribution is 8.17. The van der Waals surface area contributed by atoms with Crippen LogP contribution in [0.2, 0.25) is 10.0 Å². The molecule has 24 heavy (non-hydrogen) atoms. The number of hydrogen-bond donors (Lipinski definition) is 1. The van der Waals surface area contributed by atoms with Gasteiger partial charge in [0.1, 0.15) is 0 Å². The number of amidine groups is 1. The SMILES string of the molecule is CC1=C(c2ccc(Cl)cc2)N2C=C(c3ccc(Cl)cc3)NN=C2S1. The second kappa shape index (κ2) is 6.20. The molecule has 6 heteroatoms. The van der Waals surface area contributed by atoms with Gasteiger partial charge >= 0.3 is 0 Å². The second-order valence-corrected chi connectivity index (χ2v) is 7.49. The summed E-state index contributed by atoms with van der Waals surface area (Å²) >= 11 is 13.6. The minimum Gasteiger partial charge on any atom is -0.291 e. The van der Waals surface area contributed by atoms with Gasteiger partial charge in [0.2, 0.25) is 0 Å². The molecular formula is C18H13Cl2N3S. The lowest BCUT2D eigenvalue weighted by Gasteiger charge is -2.24. The van der Waals surface area contributed by atoms with E-state index in [4.69, 9.17) is 23.2 Å². The number of benzene rings is 2. The van der Waals surface area contributed by atoms with E-state index in [9.17, 15) is 0 Å². The van der Waals surface area contributed by atoms with Crippen LogP contribution < -0.4 is 5.43 Å². The van der Waals surface area contributed by atoms with E-state index >= 15 is 0 Å². The van der Waals surface area contributed by atoms with Crippen molar-refractivity contribution in [1.82, 2.24) is 10.3 Å². The molecule has 0 aromatic heterocycles. The number of hydrazone groups is 1. The Labute approximate surface area is 154 Å². The average Bonchev–Trinajstić information content (AvgIpc) is 2.91. The molecule has 0 amide bonds. The van der Waals surface area contributed by atoms with Crippen molar-refractivity contribution in [1.29, 1.82) is 0 Å². The van der Waals surface area contributed by atoms with Crippen LogP contribution >= 0.6 is 35.0 Å². The van der Waals surface area contributed by atoms with Crippen molar-refractivity contribution in [3.05, 3.63) is 80.8 Å². The first kappa shape index (κ1) is 15.6.